The molecule has 2 aromatic carbocycles. The lowest BCUT2D eigenvalue weighted by atomic mass is 9.79. The van der Waals surface area contributed by atoms with Gasteiger partial charge in [-0.05, 0) is 23.2 Å². The summed E-state index contributed by atoms with van der Waals surface area (Å²) in [6.45, 7) is 0.338. The Morgan fingerprint density at radius 3 is 2.48 bits per heavy atom. The number of rotatable bonds is 4. The van der Waals surface area contributed by atoms with Crippen molar-refractivity contribution in [2.45, 2.75) is 6.54 Å². The second-order valence-corrected chi connectivity index (χ2v) is 4.76. The number of halogens is 1. The number of hydrogen-bond acceptors (Lipinski definition) is 3. The lowest BCUT2D eigenvalue weighted by Gasteiger charge is -2.18. The highest BCUT2D eigenvalue weighted by molar-refractivity contribution is 6.58. The summed E-state index contributed by atoms with van der Waals surface area (Å²) in [5, 5.41) is 18.2. The van der Waals surface area contributed by atoms with Crippen molar-refractivity contribution >= 4 is 18.5 Å². The first kappa shape index (κ1) is 15.2. The molecule has 1 amide bonds. The molecule has 0 saturated carbocycles. The minimum Gasteiger partial charge on any atom is -0.423 e. The molecule has 2 N–H and O–H groups in total. The van der Waals surface area contributed by atoms with Gasteiger partial charge in [0.2, 0.25) is 0 Å². The summed E-state index contributed by atoms with van der Waals surface area (Å²) in [5.74, 6) is -1.21. The van der Waals surface area contributed by atoms with E-state index >= 15 is 0 Å². The maximum Gasteiger partial charge on any atom is 0.488 e. The molecule has 4 nitrogen and oxygen atoms in total. The van der Waals surface area contributed by atoms with Crippen LogP contribution in [0, 0.1) is 5.82 Å². The predicted octanol–water partition coefficient (Wildman–Crippen LogP) is 0.778. The number of benzene rings is 2. The number of carbonyl (C=O) groups excluding carboxylic acids is 1. The Bertz CT molecular complexity index is 634. The Morgan fingerprint density at radius 2 is 1.86 bits per heavy atom. The zero-order valence-corrected chi connectivity index (χ0v) is 11.5. The second kappa shape index (κ2) is 6.52. The fourth-order valence-electron chi connectivity index (χ4n) is 2.00. The largest absolute Gasteiger partial charge is 0.488 e. The Kier molecular flexibility index (Phi) is 4.72. The van der Waals surface area contributed by atoms with Crippen LogP contribution in [0.1, 0.15) is 15.9 Å². The zero-order chi connectivity index (χ0) is 15.4. The van der Waals surface area contributed by atoms with Crippen LogP contribution < -0.4 is 5.46 Å². The quantitative estimate of drug-likeness (QED) is 0.817. The Balaban J connectivity index is 2.21. The average molecular weight is 287 g/mol. The first-order chi connectivity index (χ1) is 9.99. The molecule has 0 aliphatic carbocycles. The molecule has 0 bridgehead atoms. The Labute approximate surface area is 122 Å². The van der Waals surface area contributed by atoms with E-state index in [1.54, 1.807) is 7.05 Å². The predicted molar refractivity (Wildman–Crippen MR) is 78.5 cm³/mol. The molecule has 0 aliphatic rings. The fourth-order valence-corrected chi connectivity index (χ4v) is 2.00. The Morgan fingerprint density at radius 1 is 1.19 bits per heavy atom. The lowest BCUT2D eigenvalue weighted by Crippen LogP contribution is -2.33. The van der Waals surface area contributed by atoms with E-state index in [9.17, 15) is 9.18 Å². The van der Waals surface area contributed by atoms with E-state index in [2.05, 4.69) is 0 Å². The first-order valence-electron chi connectivity index (χ1n) is 6.44. The van der Waals surface area contributed by atoms with Crippen molar-refractivity contribution in [3.05, 3.63) is 65.5 Å². The van der Waals surface area contributed by atoms with Crippen LogP contribution in [-0.4, -0.2) is 35.0 Å². The van der Waals surface area contributed by atoms with E-state index in [4.69, 9.17) is 10.0 Å². The molecular weight excluding hydrogens is 272 g/mol. The van der Waals surface area contributed by atoms with Crippen molar-refractivity contribution in [3.8, 4) is 0 Å². The number of amides is 1. The monoisotopic (exact) mass is 287 g/mol. The summed E-state index contributed by atoms with van der Waals surface area (Å²) in [5.41, 5.74) is 0.819. The zero-order valence-electron chi connectivity index (χ0n) is 11.5. The van der Waals surface area contributed by atoms with Crippen molar-refractivity contribution in [3.63, 3.8) is 0 Å². The Hall–Kier alpha value is -2.18. The highest BCUT2D eigenvalue weighted by atomic mass is 19.1. The lowest BCUT2D eigenvalue weighted by molar-refractivity contribution is 0.0780. The van der Waals surface area contributed by atoms with E-state index in [1.165, 1.54) is 11.0 Å². The van der Waals surface area contributed by atoms with E-state index in [0.29, 0.717) is 6.54 Å². The van der Waals surface area contributed by atoms with Gasteiger partial charge in [-0.2, -0.15) is 0 Å². The van der Waals surface area contributed by atoms with Crippen LogP contribution in [0.2, 0.25) is 0 Å². The van der Waals surface area contributed by atoms with Crippen LogP contribution in [-0.2, 0) is 6.54 Å². The summed E-state index contributed by atoms with van der Waals surface area (Å²) in [6.07, 6.45) is 0. The molecule has 0 radical (unpaired) electrons. The van der Waals surface area contributed by atoms with E-state index in [0.717, 1.165) is 17.7 Å². The van der Waals surface area contributed by atoms with Gasteiger partial charge in [-0.3, -0.25) is 4.79 Å². The van der Waals surface area contributed by atoms with Crippen LogP contribution in [0.4, 0.5) is 4.39 Å². The third-order valence-electron chi connectivity index (χ3n) is 3.13. The SMILES string of the molecule is CN(Cc1ccccc1)C(=O)c1cc(B(O)O)ccc1F. The molecule has 0 unspecified atom stereocenters. The average Bonchev–Trinajstić information content (AvgIpc) is 2.47. The van der Waals surface area contributed by atoms with Crippen LogP contribution in [0.25, 0.3) is 0 Å². The minimum atomic E-state index is -1.74. The highest BCUT2D eigenvalue weighted by Crippen LogP contribution is 2.11. The molecule has 0 aliphatic heterocycles. The molecule has 0 aromatic heterocycles. The highest BCUT2D eigenvalue weighted by Gasteiger charge is 2.20. The molecule has 2 rings (SSSR count). The van der Waals surface area contributed by atoms with Gasteiger partial charge in [0, 0.05) is 13.6 Å². The van der Waals surface area contributed by atoms with Gasteiger partial charge in [0.1, 0.15) is 5.82 Å². The normalized spacial score (nSPS) is 10.3. The topological polar surface area (TPSA) is 60.8 Å². The standard InChI is InChI=1S/C15H15BFNO3/c1-18(10-11-5-3-2-4-6-11)15(19)13-9-12(16(20)21)7-8-14(13)17/h2-9,20-21H,10H2,1H3. The summed E-state index contributed by atoms with van der Waals surface area (Å²) >= 11 is 0. The van der Waals surface area contributed by atoms with Crippen LogP contribution in [0.15, 0.2) is 48.5 Å². The molecule has 2 aromatic rings. The van der Waals surface area contributed by atoms with Crippen molar-refractivity contribution in [1.82, 2.24) is 4.90 Å². The molecule has 0 heterocycles. The molecule has 6 heteroatoms. The van der Waals surface area contributed by atoms with Crippen molar-refractivity contribution < 1.29 is 19.2 Å². The molecular formula is C15H15BFNO3. The van der Waals surface area contributed by atoms with E-state index in [-0.39, 0.29) is 11.0 Å². The van der Waals surface area contributed by atoms with E-state index in [1.807, 2.05) is 30.3 Å². The van der Waals surface area contributed by atoms with Crippen LogP contribution in [0.5, 0.6) is 0 Å². The van der Waals surface area contributed by atoms with Gasteiger partial charge in [-0.15, -0.1) is 0 Å². The van der Waals surface area contributed by atoms with Crippen LogP contribution >= 0.6 is 0 Å². The van der Waals surface area contributed by atoms with Gasteiger partial charge in [-0.25, -0.2) is 4.39 Å². The third kappa shape index (κ3) is 3.68. The molecule has 0 atom stereocenters. The van der Waals surface area contributed by atoms with Crippen molar-refractivity contribution in [2.75, 3.05) is 7.05 Å². The van der Waals surface area contributed by atoms with Crippen LogP contribution in [0.3, 0.4) is 0 Å². The summed E-state index contributed by atoms with van der Waals surface area (Å²) in [7, 11) is -0.173. The fraction of sp³-hybridized carbons (Fsp3) is 0.133. The van der Waals surface area contributed by atoms with Gasteiger partial charge in [0.25, 0.3) is 5.91 Å². The van der Waals surface area contributed by atoms with Gasteiger partial charge in [0.15, 0.2) is 0 Å². The smallest absolute Gasteiger partial charge is 0.423 e. The summed E-state index contributed by atoms with van der Waals surface area (Å²) < 4.78 is 13.8. The maximum atomic E-state index is 13.8. The van der Waals surface area contributed by atoms with Gasteiger partial charge >= 0.3 is 7.12 Å². The molecule has 0 spiro atoms. The summed E-state index contributed by atoms with van der Waals surface area (Å²) in [6, 6.07) is 12.8. The summed E-state index contributed by atoms with van der Waals surface area (Å²) in [4.78, 5) is 13.6. The van der Waals surface area contributed by atoms with Crippen molar-refractivity contribution in [1.29, 1.82) is 0 Å². The van der Waals surface area contributed by atoms with Gasteiger partial charge < -0.3 is 14.9 Å². The maximum absolute atomic E-state index is 13.8. The number of carbonyl (C=O) groups is 1. The minimum absolute atomic E-state index is 0.0767. The second-order valence-electron chi connectivity index (χ2n) is 4.76. The van der Waals surface area contributed by atoms with Crippen molar-refractivity contribution in [2.24, 2.45) is 0 Å². The number of hydrogen-bond donors (Lipinski definition) is 2. The molecule has 0 saturated heterocycles. The van der Waals surface area contributed by atoms with Gasteiger partial charge in [-0.1, -0.05) is 36.4 Å². The molecule has 108 valence electrons. The molecule has 21 heavy (non-hydrogen) atoms. The molecule has 0 fully saturated rings. The van der Waals surface area contributed by atoms with E-state index < -0.39 is 18.8 Å². The number of nitrogens with zero attached hydrogens (tertiary/aromatic N) is 1. The first-order valence-corrected chi connectivity index (χ1v) is 6.44. The van der Waals surface area contributed by atoms with Gasteiger partial charge in [0.05, 0.1) is 5.56 Å². The third-order valence-corrected chi connectivity index (χ3v) is 3.13.